The molecule has 1 heterocycles. The van der Waals surface area contributed by atoms with Crippen molar-refractivity contribution in [1.29, 1.82) is 0 Å². The number of amides is 1. The van der Waals surface area contributed by atoms with Crippen LogP contribution in [-0.2, 0) is 4.79 Å². The van der Waals surface area contributed by atoms with E-state index >= 15 is 0 Å². The first-order valence-corrected chi connectivity index (χ1v) is 6.71. The Morgan fingerprint density at radius 3 is 2.81 bits per heavy atom. The molecule has 0 aromatic rings. The summed E-state index contributed by atoms with van der Waals surface area (Å²) in [5.41, 5.74) is 0. The standard InChI is InChI=1S/C13H24N2O/c1-10(2)14-9-13(16)15-8-4-6-11-5-3-7-12(11)15/h10-12,14H,3-9H2,1-2H3. The fraction of sp³-hybridized carbons (Fsp3) is 0.923. The van der Waals surface area contributed by atoms with E-state index in [9.17, 15) is 4.79 Å². The lowest BCUT2D eigenvalue weighted by atomic mass is 9.92. The first-order valence-electron chi connectivity index (χ1n) is 6.71. The molecule has 0 bridgehead atoms. The fourth-order valence-electron chi connectivity index (χ4n) is 3.16. The molecule has 92 valence electrons. The lowest BCUT2D eigenvalue weighted by Gasteiger charge is -2.38. The highest BCUT2D eigenvalue weighted by atomic mass is 16.2. The number of nitrogens with one attached hydrogen (secondary N) is 1. The maximum atomic E-state index is 12.1. The van der Waals surface area contributed by atoms with Gasteiger partial charge in [-0.25, -0.2) is 0 Å². The van der Waals surface area contributed by atoms with Gasteiger partial charge in [0.05, 0.1) is 6.54 Å². The van der Waals surface area contributed by atoms with Gasteiger partial charge >= 0.3 is 0 Å². The molecule has 2 fully saturated rings. The molecule has 2 rings (SSSR count). The van der Waals surface area contributed by atoms with Crippen molar-refractivity contribution in [3.8, 4) is 0 Å². The zero-order valence-electron chi connectivity index (χ0n) is 10.5. The van der Waals surface area contributed by atoms with Crippen molar-refractivity contribution >= 4 is 5.91 Å². The van der Waals surface area contributed by atoms with Gasteiger partial charge in [-0.05, 0) is 31.6 Å². The largest absolute Gasteiger partial charge is 0.338 e. The second-order valence-corrected chi connectivity index (χ2v) is 5.52. The number of piperidine rings is 1. The summed E-state index contributed by atoms with van der Waals surface area (Å²) >= 11 is 0. The van der Waals surface area contributed by atoms with E-state index in [1.807, 2.05) is 0 Å². The highest BCUT2D eigenvalue weighted by Gasteiger charge is 2.36. The van der Waals surface area contributed by atoms with Gasteiger partial charge in [0.25, 0.3) is 0 Å². The number of carbonyl (C=O) groups is 1. The highest BCUT2D eigenvalue weighted by molar-refractivity contribution is 5.78. The number of nitrogens with zero attached hydrogens (tertiary/aromatic N) is 1. The van der Waals surface area contributed by atoms with E-state index in [0.717, 1.165) is 12.5 Å². The Morgan fingerprint density at radius 2 is 2.06 bits per heavy atom. The second-order valence-electron chi connectivity index (χ2n) is 5.52. The molecule has 2 atom stereocenters. The summed E-state index contributed by atoms with van der Waals surface area (Å²) in [6.45, 7) is 5.67. The summed E-state index contributed by atoms with van der Waals surface area (Å²) in [5, 5.41) is 3.23. The first-order chi connectivity index (χ1) is 7.68. The predicted octanol–water partition coefficient (Wildman–Crippen LogP) is 1.78. The van der Waals surface area contributed by atoms with Crippen molar-refractivity contribution in [3.05, 3.63) is 0 Å². The molecular formula is C13H24N2O. The molecule has 1 saturated heterocycles. The van der Waals surface area contributed by atoms with Gasteiger partial charge in [-0.15, -0.1) is 0 Å². The quantitative estimate of drug-likeness (QED) is 0.792. The smallest absolute Gasteiger partial charge is 0.236 e. The van der Waals surface area contributed by atoms with E-state index in [1.54, 1.807) is 0 Å². The minimum atomic E-state index is 0.310. The molecule has 2 aliphatic rings. The normalized spacial score (nSPS) is 29.6. The van der Waals surface area contributed by atoms with Crippen LogP contribution in [-0.4, -0.2) is 36.0 Å². The van der Waals surface area contributed by atoms with Crippen molar-refractivity contribution in [3.63, 3.8) is 0 Å². The maximum absolute atomic E-state index is 12.1. The van der Waals surface area contributed by atoms with E-state index in [-0.39, 0.29) is 0 Å². The van der Waals surface area contributed by atoms with Crippen LogP contribution in [0.1, 0.15) is 46.0 Å². The van der Waals surface area contributed by atoms with Gasteiger partial charge in [-0.1, -0.05) is 20.3 Å². The number of fused-ring (bicyclic) bond motifs is 1. The maximum Gasteiger partial charge on any atom is 0.236 e. The third-order valence-electron chi connectivity index (χ3n) is 3.98. The van der Waals surface area contributed by atoms with Gasteiger partial charge in [-0.3, -0.25) is 4.79 Å². The molecule has 1 aliphatic heterocycles. The Kier molecular flexibility index (Phi) is 3.85. The molecule has 0 spiro atoms. The van der Waals surface area contributed by atoms with Crippen LogP contribution in [0.4, 0.5) is 0 Å². The summed E-state index contributed by atoms with van der Waals surface area (Å²) in [6, 6.07) is 0.961. The SMILES string of the molecule is CC(C)NCC(=O)N1CCCC2CCCC21. The molecule has 2 unspecified atom stereocenters. The monoisotopic (exact) mass is 224 g/mol. The third-order valence-corrected chi connectivity index (χ3v) is 3.98. The molecule has 1 aliphatic carbocycles. The lowest BCUT2D eigenvalue weighted by Crippen LogP contribution is -2.49. The molecular weight excluding hydrogens is 200 g/mol. The highest BCUT2D eigenvalue weighted by Crippen LogP contribution is 2.36. The van der Waals surface area contributed by atoms with Crippen LogP contribution in [0, 0.1) is 5.92 Å². The summed E-state index contributed by atoms with van der Waals surface area (Å²) in [5.74, 6) is 1.11. The topological polar surface area (TPSA) is 32.3 Å². The summed E-state index contributed by atoms with van der Waals surface area (Å²) in [6.07, 6.45) is 6.43. The van der Waals surface area contributed by atoms with Crippen molar-refractivity contribution < 1.29 is 4.79 Å². The summed E-state index contributed by atoms with van der Waals surface area (Å²) in [7, 11) is 0. The molecule has 16 heavy (non-hydrogen) atoms. The van der Waals surface area contributed by atoms with Crippen molar-refractivity contribution in [2.24, 2.45) is 5.92 Å². The molecule has 0 radical (unpaired) electrons. The third kappa shape index (κ3) is 2.57. The second kappa shape index (κ2) is 5.17. The van der Waals surface area contributed by atoms with Crippen molar-refractivity contribution in [2.45, 2.75) is 58.0 Å². The molecule has 3 nitrogen and oxygen atoms in total. The van der Waals surface area contributed by atoms with Crippen LogP contribution in [0.25, 0.3) is 0 Å². The fourth-order valence-corrected chi connectivity index (χ4v) is 3.16. The summed E-state index contributed by atoms with van der Waals surface area (Å²) in [4.78, 5) is 14.3. The van der Waals surface area contributed by atoms with Crippen LogP contribution >= 0.6 is 0 Å². The van der Waals surface area contributed by atoms with Crippen LogP contribution in [0.2, 0.25) is 0 Å². The molecule has 0 aromatic carbocycles. The Morgan fingerprint density at radius 1 is 1.31 bits per heavy atom. The Labute approximate surface area is 98.6 Å². The molecule has 1 amide bonds. The van der Waals surface area contributed by atoms with E-state index < -0.39 is 0 Å². The average Bonchev–Trinajstić information content (AvgIpc) is 2.73. The average molecular weight is 224 g/mol. The van der Waals surface area contributed by atoms with E-state index in [4.69, 9.17) is 0 Å². The Bertz CT molecular complexity index is 252. The van der Waals surface area contributed by atoms with Gasteiger partial charge in [-0.2, -0.15) is 0 Å². The van der Waals surface area contributed by atoms with Gasteiger partial charge in [0.15, 0.2) is 0 Å². The summed E-state index contributed by atoms with van der Waals surface area (Å²) < 4.78 is 0. The molecule has 1 N–H and O–H groups in total. The van der Waals surface area contributed by atoms with Gasteiger partial charge in [0.1, 0.15) is 0 Å². The first kappa shape index (κ1) is 11.9. The van der Waals surface area contributed by atoms with E-state index in [0.29, 0.717) is 24.5 Å². The Hall–Kier alpha value is -0.570. The minimum Gasteiger partial charge on any atom is -0.338 e. The zero-order valence-corrected chi connectivity index (χ0v) is 10.5. The Balaban J connectivity index is 1.89. The zero-order chi connectivity index (χ0) is 11.5. The predicted molar refractivity (Wildman–Crippen MR) is 65.2 cm³/mol. The van der Waals surface area contributed by atoms with Crippen LogP contribution in [0.5, 0.6) is 0 Å². The van der Waals surface area contributed by atoms with Crippen molar-refractivity contribution in [2.75, 3.05) is 13.1 Å². The van der Waals surface area contributed by atoms with Crippen LogP contribution in [0.3, 0.4) is 0 Å². The van der Waals surface area contributed by atoms with Gasteiger partial charge < -0.3 is 10.2 Å². The van der Waals surface area contributed by atoms with E-state index in [2.05, 4.69) is 24.1 Å². The number of likely N-dealkylation sites (tertiary alicyclic amines) is 1. The van der Waals surface area contributed by atoms with Crippen LogP contribution in [0.15, 0.2) is 0 Å². The number of hydrogen-bond acceptors (Lipinski definition) is 2. The lowest BCUT2D eigenvalue weighted by molar-refractivity contribution is -0.134. The number of carbonyl (C=O) groups excluding carboxylic acids is 1. The molecule has 0 aromatic heterocycles. The number of hydrogen-bond donors (Lipinski definition) is 1. The van der Waals surface area contributed by atoms with Crippen molar-refractivity contribution in [1.82, 2.24) is 10.2 Å². The minimum absolute atomic E-state index is 0.310. The van der Waals surface area contributed by atoms with Crippen LogP contribution < -0.4 is 5.32 Å². The molecule has 3 heteroatoms. The van der Waals surface area contributed by atoms with Gasteiger partial charge in [0, 0.05) is 18.6 Å². The molecule has 1 saturated carbocycles. The van der Waals surface area contributed by atoms with Gasteiger partial charge in [0.2, 0.25) is 5.91 Å². The number of rotatable bonds is 3. The van der Waals surface area contributed by atoms with E-state index in [1.165, 1.54) is 32.1 Å².